The molecule has 1 aromatic rings. The maximum Gasteiger partial charge on any atom is 0.222 e. The van der Waals surface area contributed by atoms with E-state index in [1.165, 1.54) is 0 Å². The molecule has 1 saturated heterocycles. The third-order valence-corrected chi connectivity index (χ3v) is 2.30. The fourth-order valence-corrected chi connectivity index (χ4v) is 1.62. The molecule has 1 aliphatic rings. The lowest BCUT2D eigenvalue weighted by atomic mass is 10.1. The molecule has 0 unspecified atom stereocenters. The SMILES string of the molecule is Cl.Cl.Nc1nncn1C1CCNCC1. The van der Waals surface area contributed by atoms with Crippen LogP contribution in [0, 0.1) is 0 Å². The first-order valence-electron chi connectivity index (χ1n) is 4.23. The number of halogens is 2. The Morgan fingerprint density at radius 2 is 2.00 bits per heavy atom. The zero-order valence-electron chi connectivity index (χ0n) is 7.72. The van der Waals surface area contributed by atoms with Crippen molar-refractivity contribution < 1.29 is 0 Å². The lowest BCUT2D eigenvalue weighted by Gasteiger charge is -2.23. The fraction of sp³-hybridized carbons (Fsp3) is 0.714. The summed E-state index contributed by atoms with van der Waals surface area (Å²) in [6.45, 7) is 2.12. The monoisotopic (exact) mass is 239 g/mol. The van der Waals surface area contributed by atoms with Crippen molar-refractivity contribution in [2.45, 2.75) is 18.9 Å². The van der Waals surface area contributed by atoms with Gasteiger partial charge in [-0.25, -0.2) is 0 Å². The van der Waals surface area contributed by atoms with E-state index >= 15 is 0 Å². The molecule has 5 nitrogen and oxygen atoms in total. The van der Waals surface area contributed by atoms with Gasteiger partial charge in [-0.05, 0) is 25.9 Å². The maximum absolute atomic E-state index is 5.64. The molecule has 0 saturated carbocycles. The third-order valence-electron chi connectivity index (χ3n) is 2.30. The Balaban J connectivity index is 0.000000845. The smallest absolute Gasteiger partial charge is 0.222 e. The predicted octanol–water partition coefficient (Wildman–Crippen LogP) is 0.628. The van der Waals surface area contributed by atoms with Gasteiger partial charge < -0.3 is 11.1 Å². The average Bonchev–Trinajstić information content (AvgIpc) is 2.53. The van der Waals surface area contributed by atoms with Crippen molar-refractivity contribution in [3.63, 3.8) is 0 Å². The first-order chi connectivity index (χ1) is 5.88. The number of nitrogens with two attached hydrogens (primary N) is 1. The van der Waals surface area contributed by atoms with Crippen LogP contribution >= 0.6 is 24.8 Å². The first kappa shape index (κ1) is 13.5. The van der Waals surface area contributed by atoms with Gasteiger partial charge in [0.05, 0.1) is 0 Å². The summed E-state index contributed by atoms with van der Waals surface area (Å²) in [5, 5.41) is 10.8. The highest BCUT2D eigenvalue weighted by molar-refractivity contribution is 5.85. The number of nitrogens with zero attached hydrogens (tertiary/aromatic N) is 3. The minimum atomic E-state index is 0. The van der Waals surface area contributed by atoms with Crippen LogP contribution in [0.4, 0.5) is 5.95 Å². The van der Waals surface area contributed by atoms with Crippen molar-refractivity contribution in [1.82, 2.24) is 20.1 Å². The molecular weight excluding hydrogens is 225 g/mol. The Hall–Kier alpha value is -0.520. The average molecular weight is 240 g/mol. The summed E-state index contributed by atoms with van der Waals surface area (Å²) in [5.41, 5.74) is 5.64. The normalized spacial score (nSPS) is 16.9. The molecule has 0 bridgehead atoms. The van der Waals surface area contributed by atoms with E-state index in [2.05, 4.69) is 15.5 Å². The van der Waals surface area contributed by atoms with Crippen molar-refractivity contribution in [2.75, 3.05) is 18.8 Å². The zero-order chi connectivity index (χ0) is 8.39. The van der Waals surface area contributed by atoms with E-state index in [-0.39, 0.29) is 24.8 Å². The quantitative estimate of drug-likeness (QED) is 0.755. The molecule has 0 radical (unpaired) electrons. The minimum absolute atomic E-state index is 0. The maximum atomic E-state index is 5.64. The van der Waals surface area contributed by atoms with Crippen LogP contribution in [0.5, 0.6) is 0 Å². The molecular formula is C7H15Cl2N5. The van der Waals surface area contributed by atoms with Gasteiger partial charge in [-0.1, -0.05) is 0 Å². The van der Waals surface area contributed by atoms with Gasteiger partial charge in [0.15, 0.2) is 0 Å². The third kappa shape index (κ3) is 2.73. The molecule has 14 heavy (non-hydrogen) atoms. The Morgan fingerprint density at radius 3 is 2.50 bits per heavy atom. The number of anilines is 1. The summed E-state index contributed by atoms with van der Waals surface area (Å²) in [4.78, 5) is 0. The van der Waals surface area contributed by atoms with Crippen LogP contribution in [0.2, 0.25) is 0 Å². The van der Waals surface area contributed by atoms with Gasteiger partial charge in [0, 0.05) is 6.04 Å². The van der Waals surface area contributed by atoms with Crippen molar-refractivity contribution >= 4 is 30.8 Å². The van der Waals surface area contributed by atoms with E-state index < -0.39 is 0 Å². The molecule has 1 aromatic heterocycles. The number of nitrogen functional groups attached to an aromatic ring is 1. The van der Waals surface area contributed by atoms with Crippen LogP contribution < -0.4 is 11.1 Å². The minimum Gasteiger partial charge on any atom is -0.368 e. The number of piperidine rings is 1. The van der Waals surface area contributed by atoms with E-state index in [0.29, 0.717) is 12.0 Å². The van der Waals surface area contributed by atoms with Gasteiger partial charge in [0.1, 0.15) is 6.33 Å². The van der Waals surface area contributed by atoms with Crippen molar-refractivity contribution in [1.29, 1.82) is 0 Å². The molecule has 0 amide bonds. The summed E-state index contributed by atoms with van der Waals surface area (Å²) >= 11 is 0. The first-order valence-corrected chi connectivity index (χ1v) is 4.23. The van der Waals surface area contributed by atoms with Crippen molar-refractivity contribution in [3.05, 3.63) is 6.33 Å². The van der Waals surface area contributed by atoms with E-state index in [0.717, 1.165) is 25.9 Å². The summed E-state index contributed by atoms with van der Waals surface area (Å²) in [6, 6.07) is 0.487. The van der Waals surface area contributed by atoms with Gasteiger partial charge in [-0.3, -0.25) is 4.57 Å². The molecule has 0 spiro atoms. The van der Waals surface area contributed by atoms with Crippen molar-refractivity contribution in [3.8, 4) is 0 Å². The van der Waals surface area contributed by atoms with Crippen LogP contribution in [0.1, 0.15) is 18.9 Å². The van der Waals surface area contributed by atoms with Gasteiger partial charge in [0.25, 0.3) is 0 Å². The molecule has 2 heterocycles. The topological polar surface area (TPSA) is 68.8 Å². The second kappa shape index (κ2) is 6.06. The Morgan fingerprint density at radius 1 is 1.36 bits per heavy atom. The largest absolute Gasteiger partial charge is 0.368 e. The number of nitrogens with one attached hydrogen (secondary N) is 1. The second-order valence-electron chi connectivity index (χ2n) is 3.08. The number of rotatable bonds is 1. The van der Waals surface area contributed by atoms with E-state index in [1.807, 2.05) is 4.57 Å². The summed E-state index contributed by atoms with van der Waals surface area (Å²) in [6.07, 6.45) is 3.94. The lowest BCUT2D eigenvalue weighted by Crippen LogP contribution is -2.29. The van der Waals surface area contributed by atoms with E-state index in [1.54, 1.807) is 6.33 Å². The van der Waals surface area contributed by atoms with Crippen LogP contribution in [0.15, 0.2) is 6.33 Å². The van der Waals surface area contributed by atoms with Crippen LogP contribution in [0.3, 0.4) is 0 Å². The highest BCUT2D eigenvalue weighted by Gasteiger charge is 2.16. The van der Waals surface area contributed by atoms with Crippen LogP contribution in [-0.2, 0) is 0 Å². The predicted molar refractivity (Wildman–Crippen MR) is 60.1 cm³/mol. The highest BCUT2D eigenvalue weighted by Crippen LogP contribution is 2.19. The standard InChI is InChI=1S/C7H13N5.2ClH/c8-7-11-10-5-12(7)6-1-3-9-4-2-6;;/h5-6,9H,1-4H2,(H2,8,11);2*1H. The van der Waals surface area contributed by atoms with Crippen molar-refractivity contribution in [2.24, 2.45) is 0 Å². The number of hydrogen-bond donors (Lipinski definition) is 2. The molecule has 0 aliphatic carbocycles. The van der Waals surface area contributed by atoms with Gasteiger partial charge in [-0.2, -0.15) is 0 Å². The molecule has 7 heteroatoms. The Bertz CT molecular complexity index is 258. The Kier molecular flexibility index (Phi) is 5.83. The van der Waals surface area contributed by atoms with E-state index in [9.17, 15) is 0 Å². The highest BCUT2D eigenvalue weighted by atomic mass is 35.5. The summed E-state index contributed by atoms with van der Waals surface area (Å²) in [7, 11) is 0. The molecule has 0 aromatic carbocycles. The Labute approximate surface area is 95.3 Å². The fourth-order valence-electron chi connectivity index (χ4n) is 1.62. The molecule has 82 valence electrons. The molecule has 1 aliphatic heterocycles. The molecule has 2 rings (SSSR count). The zero-order valence-corrected chi connectivity index (χ0v) is 9.35. The van der Waals surface area contributed by atoms with E-state index in [4.69, 9.17) is 5.73 Å². The number of aromatic nitrogens is 3. The summed E-state index contributed by atoms with van der Waals surface area (Å²) in [5.74, 6) is 0.530. The number of hydrogen-bond acceptors (Lipinski definition) is 4. The molecule has 0 atom stereocenters. The molecule has 3 N–H and O–H groups in total. The molecule has 1 fully saturated rings. The second-order valence-corrected chi connectivity index (χ2v) is 3.08. The van der Waals surface area contributed by atoms with Gasteiger partial charge >= 0.3 is 0 Å². The van der Waals surface area contributed by atoms with Crippen LogP contribution in [-0.4, -0.2) is 27.9 Å². The van der Waals surface area contributed by atoms with Crippen LogP contribution in [0.25, 0.3) is 0 Å². The van der Waals surface area contributed by atoms with Gasteiger partial charge in [-0.15, -0.1) is 35.0 Å². The summed E-state index contributed by atoms with van der Waals surface area (Å²) < 4.78 is 1.96. The lowest BCUT2D eigenvalue weighted by molar-refractivity contribution is 0.371. The van der Waals surface area contributed by atoms with Gasteiger partial charge in [0.2, 0.25) is 5.95 Å².